The topological polar surface area (TPSA) is 59.7 Å². The van der Waals surface area contributed by atoms with Crippen molar-refractivity contribution >= 4 is 0 Å². The summed E-state index contributed by atoms with van der Waals surface area (Å²) in [6, 6.07) is 10.8. The second-order valence-electron chi connectivity index (χ2n) is 3.45. The number of unbranched alkanes of at least 4 members (excludes halogenated alkanes) is 1. The molecule has 0 bridgehead atoms. The number of rotatable bonds is 4. The Kier molecular flexibility index (Phi) is 35.9. The summed E-state index contributed by atoms with van der Waals surface area (Å²) >= 11 is 0. The fraction of sp³-hybridized carbons (Fsp3) is 0.400. The van der Waals surface area contributed by atoms with Crippen LogP contribution in [0, 0.1) is 20.0 Å². The van der Waals surface area contributed by atoms with Gasteiger partial charge in [-0.15, -0.1) is 0 Å². The maximum Gasteiger partial charge on any atom is 0 e. The predicted octanol–water partition coefficient (Wildman–Crippen LogP) is 3.87. The smallest absolute Gasteiger partial charge is 0 e. The van der Waals surface area contributed by atoms with Crippen molar-refractivity contribution < 1.29 is 31.3 Å². The second kappa shape index (κ2) is 25.7. The number of hydrogen-bond acceptors (Lipinski definition) is 0. The first-order valence-electron chi connectivity index (χ1n) is 5.50. The molecule has 0 aliphatic rings. The van der Waals surface area contributed by atoms with Gasteiger partial charge < -0.3 is 0 Å². The molecule has 0 unspecified atom stereocenters. The van der Waals surface area contributed by atoms with Gasteiger partial charge in [0.1, 0.15) is 0 Å². The molecule has 0 heterocycles. The van der Waals surface area contributed by atoms with Crippen molar-refractivity contribution in [1.29, 1.82) is 0 Å². The Morgan fingerprint density at radius 2 is 1.37 bits per heavy atom. The largest absolute Gasteiger partial charge is 0 e. The van der Waals surface area contributed by atoms with Crippen LogP contribution >= 0.6 is 0 Å². The van der Waals surface area contributed by atoms with E-state index in [0.717, 1.165) is 5.92 Å². The van der Waals surface area contributed by atoms with Crippen LogP contribution in [0.5, 0.6) is 0 Å². The molecule has 0 spiro atoms. The van der Waals surface area contributed by atoms with Crippen LogP contribution < -0.4 is 0 Å². The summed E-state index contributed by atoms with van der Waals surface area (Å²) in [6.45, 7) is 18.1. The fourth-order valence-corrected chi connectivity index (χ4v) is 1.46. The molecule has 102 valence electrons. The average molecular weight is 298 g/mol. The minimum absolute atomic E-state index is 0. The summed E-state index contributed by atoms with van der Waals surface area (Å²) in [5.74, 6) is 0.728. The first kappa shape index (κ1) is 26.5. The first-order valence-corrected chi connectivity index (χ1v) is 5.50. The number of benzene rings is 1. The van der Waals surface area contributed by atoms with Crippen LogP contribution in [0.1, 0.15) is 44.6 Å². The molecule has 0 aliphatic heterocycles. The Balaban J connectivity index is -0.000000142. The van der Waals surface area contributed by atoms with Gasteiger partial charge in [0, 0.05) is 17.4 Å². The normalized spacial score (nSPS) is 8.42. The Hall–Kier alpha value is -1.03. The van der Waals surface area contributed by atoms with Gasteiger partial charge in [0.2, 0.25) is 0 Å². The predicted molar refractivity (Wildman–Crippen MR) is 66.2 cm³/mol. The van der Waals surface area contributed by atoms with Crippen molar-refractivity contribution in [2.75, 3.05) is 0 Å². The van der Waals surface area contributed by atoms with Crippen LogP contribution in [-0.4, -0.2) is 0 Å². The molecule has 0 N–H and O–H groups in total. The standard InChI is InChI=1S/C12H18.3CO.Cr/c1-3-4-8-11(2)12-9-6-5-7-10-12;3*1-2;/h5-7,9-11H,3-4,8H2,1-2H3;;;;/t11-;;;;/m1..../s1. The van der Waals surface area contributed by atoms with E-state index < -0.39 is 0 Å². The van der Waals surface area contributed by atoms with E-state index in [1.165, 1.54) is 24.8 Å². The van der Waals surface area contributed by atoms with Gasteiger partial charge in [-0.3, -0.25) is 0 Å². The van der Waals surface area contributed by atoms with Crippen LogP contribution in [0.15, 0.2) is 30.3 Å². The summed E-state index contributed by atoms with van der Waals surface area (Å²) in [5, 5.41) is 0. The zero-order valence-electron chi connectivity index (χ0n) is 11.2. The van der Waals surface area contributed by atoms with E-state index in [0.29, 0.717) is 0 Å². The molecule has 0 saturated carbocycles. The van der Waals surface area contributed by atoms with E-state index in [9.17, 15) is 0 Å². The summed E-state index contributed by atoms with van der Waals surface area (Å²) in [6.07, 6.45) is 3.97. The zero-order chi connectivity index (χ0) is 14.8. The maximum atomic E-state index is 7.50. The van der Waals surface area contributed by atoms with Gasteiger partial charge in [0.05, 0.1) is 0 Å². The van der Waals surface area contributed by atoms with E-state index in [2.05, 4.69) is 64.1 Å². The van der Waals surface area contributed by atoms with Crippen molar-refractivity contribution in [3.8, 4) is 0 Å². The second-order valence-corrected chi connectivity index (χ2v) is 3.45. The van der Waals surface area contributed by atoms with Gasteiger partial charge in [0.15, 0.2) is 0 Å². The van der Waals surface area contributed by atoms with Crippen LogP contribution in [-0.2, 0) is 31.3 Å². The Bertz CT molecular complexity index is 303. The molecule has 1 aromatic carbocycles. The van der Waals surface area contributed by atoms with Crippen LogP contribution in [0.2, 0.25) is 0 Å². The molecular weight excluding hydrogens is 280 g/mol. The van der Waals surface area contributed by atoms with Crippen LogP contribution in [0.3, 0.4) is 0 Å². The fourth-order valence-electron chi connectivity index (χ4n) is 1.46. The van der Waals surface area contributed by atoms with Crippen molar-refractivity contribution in [2.45, 2.75) is 39.0 Å². The van der Waals surface area contributed by atoms with Crippen molar-refractivity contribution in [1.82, 2.24) is 0 Å². The SMILES string of the molecule is CCCC[C@@H](C)c1ccccc1.[C-]#[O+].[C-]#[O+].[C-]#[O+].[Cr]. The number of hydrogen-bond donors (Lipinski definition) is 0. The average Bonchev–Trinajstić information content (AvgIpc) is 2.51. The molecule has 0 fully saturated rings. The molecule has 1 rings (SSSR count). The van der Waals surface area contributed by atoms with Crippen molar-refractivity contribution in [2.24, 2.45) is 0 Å². The molecular formula is C15H18CrO3. The maximum absolute atomic E-state index is 7.50. The minimum atomic E-state index is 0. The van der Waals surface area contributed by atoms with Gasteiger partial charge >= 0.3 is 33.9 Å². The van der Waals surface area contributed by atoms with Gasteiger partial charge in [-0.1, -0.05) is 57.0 Å². The summed E-state index contributed by atoms with van der Waals surface area (Å²) in [7, 11) is 0. The third-order valence-corrected chi connectivity index (χ3v) is 2.36. The van der Waals surface area contributed by atoms with Gasteiger partial charge in [-0.05, 0) is 17.9 Å². The Labute approximate surface area is 126 Å². The summed E-state index contributed by atoms with van der Waals surface area (Å²) in [5.41, 5.74) is 1.48. The third-order valence-electron chi connectivity index (χ3n) is 2.36. The molecule has 1 atom stereocenters. The quantitative estimate of drug-likeness (QED) is 0.598. The third kappa shape index (κ3) is 17.0. The van der Waals surface area contributed by atoms with Gasteiger partial charge in [0.25, 0.3) is 0 Å². The summed E-state index contributed by atoms with van der Waals surface area (Å²) in [4.78, 5) is 0. The molecule has 1 aromatic rings. The van der Waals surface area contributed by atoms with E-state index in [4.69, 9.17) is 14.0 Å². The molecule has 3 nitrogen and oxygen atoms in total. The van der Waals surface area contributed by atoms with Crippen LogP contribution in [0.25, 0.3) is 0 Å². The summed E-state index contributed by atoms with van der Waals surface area (Å²) < 4.78 is 22.5. The van der Waals surface area contributed by atoms with Crippen molar-refractivity contribution in [3.05, 3.63) is 55.8 Å². The molecule has 0 radical (unpaired) electrons. The van der Waals surface area contributed by atoms with Crippen LogP contribution in [0.4, 0.5) is 0 Å². The Morgan fingerprint density at radius 3 is 1.74 bits per heavy atom. The van der Waals surface area contributed by atoms with E-state index in [1.807, 2.05) is 0 Å². The zero-order valence-corrected chi connectivity index (χ0v) is 12.5. The molecule has 4 heteroatoms. The molecule has 0 saturated heterocycles. The van der Waals surface area contributed by atoms with E-state index >= 15 is 0 Å². The first-order chi connectivity index (χ1) is 8.84. The molecule has 0 amide bonds. The molecule has 0 aromatic heterocycles. The van der Waals surface area contributed by atoms with E-state index in [-0.39, 0.29) is 17.4 Å². The molecule has 19 heavy (non-hydrogen) atoms. The monoisotopic (exact) mass is 298 g/mol. The van der Waals surface area contributed by atoms with Crippen molar-refractivity contribution in [3.63, 3.8) is 0 Å². The minimum Gasteiger partial charge on any atom is 0 e. The van der Waals surface area contributed by atoms with Gasteiger partial charge in [-0.25, -0.2) is 0 Å². The molecule has 0 aliphatic carbocycles. The Morgan fingerprint density at radius 1 is 0.947 bits per heavy atom. The van der Waals surface area contributed by atoms with Gasteiger partial charge in [-0.2, -0.15) is 0 Å². The van der Waals surface area contributed by atoms with E-state index in [1.54, 1.807) is 0 Å².